The number of aliphatic hydroxyl groups excluding tert-OH is 1. The van der Waals surface area contributed by atoms with Gasteiger partial charge in [0, 0.05) is 51.4 Å². The Kier molecular flexibility index (Phi) is 7.64. The second kappa shape index (κ2) is 10.8. The lowest BCUT2D eigenvalue weighted by Gasteiger charge is -2.31. The van der Waals surface area contributed by atoms with Crippen molar-refractivity contribution in [2.45, 2.75) is 38.0 Å². The Labute approximate surface area is 189 Å². The summed E-state index contributed by atoms with van der Waals surface area (Å²) in [4.78, 5) is 23.2. The second-order valence-electron chi connectivity index (χ2n) is 8.54. The van der Waals surface area contributed by atoms with E-state index in [1.807, 2.05) is 7.05 Å². The van der Waals surface area contributed by atoms with Crippen molar-refractivity contribution in [3.63, 3.8) is 0 Å². The molecule has 0 spiro atoms. The molecule has 172 valence electrons. The molecular weight excluding hydrogens is 406 g/mol. The number of amides is 1. The van der Waals surface area contributed by atoms with Crippen LogP contribution in [0.25, 0.3) is 0 Å². The highest BCUT2D eigenvalue weighted by molar-refractivity contribution is 5.92. The number of aliphatic hydroxyl groups is 1. The molecule has 1 atom stereocenters. The third kappa shape index (κ3) is 6.01. The average Bonchev–Trinajstić information content (AvgIpc) is 2.83. The standard InChI is InChI=1S/C23H33N7O2/c1-24-30-10-7-19(8-11-30)28-22-12-21(26-16-27-22)23(32)25-13-20(31)15-29-9-6-17-4-2-3-5-18(17)14-29/h2-5,12,16,19-20,24,31H,6-11,13-15H2,1H3,(H,25,32)(H,26,27,28)/t20-/m0/s1. The van der Waals surface area contributed by atoms with E-state index in [1.54, 1.807) is 6.07 Å². The van der Waals surface area contributed by atoms with Gasteiger partial charge in [-0.15, -0.1) is 0 Å². The number of carbonyl (C=O) groups is 1. The van der Waals surface area contributed by atoms with Crippen LogP contribution in [0, 0.1) is 0 Å². The molecule has 32 heavy (non-hydrogen) atoms. The first-order chi connectivity index (χ1) is 15.6. The van der Waals surface area contributed by atoms with Crippen molar-refractivity contribution in [2.24, 2.45) is 0 Å². The third-order valence-corrected chi connectivity index (χ3v) is 6.24. The highest BCUT2D eigenvalue weighted by atomic mass is 16.3. The van der Waals surface area contributed by atoms with Gasteiger partial charge in [0.25, 0.3) is 5.91 Å². The van der Waals surface area contributed by atoms with Crippen LogP contribution >= 0.6 is 0 Å². The van der Waals surface area contributed by atoms with Gasteiger partial charge in [0.05, 0.1) is 6.10 Å². The van der Waals surface area contributed by atoms with Crippen molar-refractivity contribution in [1.82, 2.24) is 30.6 Å². The summed E-state index contributed by atoms with van der Waals surface area (Å²) in [5, 5.41) is 18.8. The summed E-state index contributed by atoms with van der Waals surface area (Å²) in [6.45, 7) is 4.38. The number of β-amino-alcohol motifs (C(OH)–C–C–N with tert-alkyl or cyclic N) is 1. The molecular formula is C23H33N7O2. The minimum Gasteiger partial charge on any atom is -0.390 e. The van der Waals surface area contributed by atoms with Gasteiger partial charge < -0.3 is 15.7 Å². The molecule has 2 aliphatic heterocycles. The number of aromatic nitrogens is 2. The molecule has 9 nitrogen and oxygen atoms in total. The number of piperidine rings is 1. The molecule has 1 saturated heterocycles. The van der Waals surface area contributed by atoms with Gasteiger partial charge in [-0.05, 0) is 37.4 Å². The molecule has 4 N–H and O–H groups in total. The van der Waals surface area contributed by atoms with Crippen LogP contribution in [-0.2, 0) is 13.0 Å². The zero-order valence-electron chi connectivity index (χ0n) is 18.6. The third-order valence-electron chi connectivity index (χ3n) is 6.24. The fourth-order valence-electron chi connectivity index (χ4n) is 4.39. The minimum atomic E-state index is -0.638. The quantitative estimate of drug-likeness (QED) is 0.475. The molecule has 0 radical (unpaired) electrons. The molecule has 0 unspecified atom stereocenters. The maximum atomic E-state index is 12.6. The lowest BCUT2D eigenvalue weighted by Crippen LogP contribution is -2.45. The number of hydrazine groups is 1. The molecule has 1 amide bonds. The van der Waals surface area contributed by atoms with Gasteiger partial charge in [0.2, 0.25) is 0 Å². The van der Waals surface area contributed by atoms with Crippen LogP contribution in [0.4, 0.5) is 5.82 Å². The average molecular weight is 440 g/mol. The fourth-order valence-corrected chi connectivity index (χ4v) is 4.39. The van der Waals surface area contributed by atoms with Crippen molar-refractivity contribution in [2.75, 3.05) is 45.1 Å². The monoisotopic (exact) mass is 439 g/mol. The summed E-state index contributed by atoms with van der Waals surface area (Å²) in [6, 6.07) is 10.4. The van der Waals surface area contributed by atoms with E-state index in [4.69, 9.17) is 0 Å². The van der Waals surface area contributed by atoms with Crippen molar-refractivity contribution in [3.8, 4) is 0 Å². The largest absolute Gasteiger partial charge is 0.390 e. The van der Waals surface area contributed by atoms with Crippen molar-refractivity contribution in [1.29, 1.82) is 0 Å². The first-order valence-corrected chi connectivity index (χ1v) is 11.4. The number of benzene rings is 1. The van der Waals surface area contributed by atoms with E-state index in [-0.39, 0.29) is 12.5 Å². The van der Waals surface area contributed by atoms with Gasteiger partial charge >= 0.3 is 0 Å². The van der Waals surface area contributed by atoms with E-state index in [0.717, 1.165) is 45.4 Å². The topological polar surface area (TPSA) is 106 Å². The molecule has 1 aromatic carbocycles. The molecule has 2 aromatic rings. The summed E-state index contributed by atoms with van der Waals surface area (Å²) in [5.74, 6) is 0.351. The Bertz CT molecular complexity index is 901. The zero-order valence-corrected chi connectivity index (χ0v) is 18.6. The summed E-state index contributed by atoms with van der Waals surface area (Å²) < 4.78 is 0. The van der Waals surface area contributed by atoms with Crippen LogP contribution in [-0.4, -0.2) is 82.8 Å². The number of fused-ring (bicyclic) bond motifs is 1. The Morgan fingerprint density at radius 2 is 1.97 bits per heavy atom. The first-order valence-electron chi connectivity index (χ1n) is 11.4. The maximum absolute atomic E-state index is 12.6. The zero-order chi connectivity index (χ0) is 22.3. The predicted molar refractivity (Wildman–Crippen MR) is 123 cm³/mol. The van der Waals surface area contributed by atoms with Gasteiger partial charge in [-0.2, -0.15) is 0 Å². The van der Waals surface area contributed by atoms with E-state index in [9.17, 15) is 9.90 Å². The lowest BCUT2D eigenvalue weighted by atomic mass is 10.00. The molecule has 1 aromatic heterocycles. The van der Waals surface area contributed by atoms with Crippen LogP contribution in [0.3, 0.4) is 0 Å². The Morgan fingerprint density at radius 3 is 2.75 bits per heavy atom. The maximum Gasteiger partial charge on any atom is 0.270 e. The molecule has 3 heterocycles. The number of nitrogens with one attached hydrogen (secondary N) is 3. The van der Waals surface area contributed by atoms with E-state index >= 15 is 0 Å². The van der Waals surface area contributed by atoms with E-state index in [2.05, 4.69) is 60.2 Å². The molecule has 0 saturated carbocycles. The van der Waals surface area contributed by atoms with Crippen molar-refractivity contribution < 1.29 is 9.90 Å². The van der Waals surface area contributed by atoms with Gasteiger partial charge in [-0.1, -0.05) is 24.3 Å². The Balaban J connectivity index is 1.23. The molecule has 4 rings (SSSR count). The number of hydrogen-bond donors (Lipinski definition) is 4. The van der Waals surface area contributed by atoms with E-state index in [1.165, 1.54) is 17.5 Å². The predicted octanol–water partition coefficient (Wildman–Crippen LogP) is 0.636. The van der Waals surface area contributed by atoms with Crippen LogP contribution in [0.2, 0.25) is 0 Å². The first kappa shape index (κ1) is 22.6. The second-order valence-corrected chi connectivity index (χ2v) is 8.54. The van der Waals surface area contributed by atoms with Crippen LogP contribution in [0.1, 0.15) is 34.5 Å². The smallest absolute Gasteiger partial charge is 0.270 e. The number of nitrogens with zero attached hydrogens (tertiary/aromatic N) is 4. The summed E-state index contributed by atoms with van der Waals surface area (Å²) in [5.41, 5.74) is 6.16. The van der Waals surface area contributed by atoms with Crippen molar-refractivity contribution >= 4 is 11.7 Å². The summed E-state index contributed by atoms with van der Waals surface area (Å²) in [7, 11) is 1.94. The molecule has 0 aliphatic carbocycles. The van der Waals surface area contributed by atoms with Gasteiger partial charge in [-0.25, -0.2) is 15.0 Å². The minimum absolute atomic E-state index is 0.187. The van der Waals surface area contributed by atoms with Crippen LogP contribution in [0.15, 0.2) is 36.7 Å². The molecule has 0 bridgehead atoms. The number of hydrogen-bond acceptors (Lipinski definition) is 8. The summed E-state index contributed by atoms with van der Waals surface area (Å²) in [6.07, 6.45) is 3.75. The number of carbonyl (C=O) groups excluding carboxylic acids is 1. The number of rotatable bonds is 8. The highest BCUT2D eigenvalue weighted by Crippen LogP contribution is 2.18. The van der Waals surface area contributed by atoms with Crippen LogP contribution in [0.5, 0.6) is 0 Å². The molecule has 9 heteroatoms. The Morgan fingerprint density at radius 1 is 1.19 bits per heavy atom. The van der Waals surface area contributed by atoms with E-state index in [0.29, 0.717) is 24.1 Å². The lowest BCUT2D eigenvalue weighted by molar-refractivity contribution is 0.0838. The van der Waals surface area contributed by atoms with Crippen molar-refractivity contribution in [3.05, 3.63) is 53.5 Å². The number of anilines is 1. The van der Waals surface area contributed by atoms with Gasteiger partial charge in [-0.3, -0.25) is 15.1 Å². The summed E-state index contributed by atoms with van der Waals surface area (Å²) >= 11 is 0. The van der Waals surface area contributed by atoms with E-state index < -0.39 is 6.10 Å². The fraction of sp³-hybridized carbons (Fsp3) is 0.522. The van der Waals surface area contributed by atoms with Crippen LogP contribution < -0.4 is 16.1 Å². The van der Waals surface area contributed by atoms with Gasteiger partial charge in [0.15, 0.2) is 0 Å². The SMILES string of the molecule is CNN1CCC(Nc2cc(C(=O)NC[C@H](O)CN3CCc4ccccc4C3)ncn2)CC1. The van der Waals surface area contributed by atoms with Gasteiger partial charge in [0.1, 0.15) is 17.8 Å². The normalized spacial score (nSPS) is 18.7. The highest BCUT2D eigenvalue weighted by Gasteiger charge is 2.21. The molecule has 1 fully saturated rings. The Hall–Kier alpha value is -2.59. The molecule has 2 aliphatic rings.